The molecular formula is C8H15NOS. The van der Waals surface area contributed by atoms with Crippen molar-refractivity contribution in [3.8, 4) is 0 Å². The summed E-state index contributed by atoms with van der Waals surface area (Å²) in [6.45, 7) is 5.00. The van der Waals surface area contributed by atoms with Crippen LogP contribution in [0.4, 0.5) is 0 Å². The molecule has 1 fully saturated rings. The molecule has 0 aromatic rings. The highest BCUT2D eigenvalue weighted by atomic mass is 32.1. The second-order valence-electron chi connectivity index (χ2n) is 3.02. The summed E-state index contributed by atoms with van der Waals surface area (Å²) in [6, 6.07) is 0.385. The minimum absolute atomic E-state index is 0.172. The Bertz CT molecular complexity index is 149. The van der Waals surface area contributed by atoms with E-state index in [0.717, 1.165) is 24.4 Å². The molecule has 0 saturated carbocycles. The highest BCUT2D eigenvalue weighted by molar-refractivity contribution is 7.80. The molecule has 0 bridgehead atoms. The van der Waals surface area contributed by atoms with Crippen LogP contribution in [0.3, 0.4) is 0 Å². The van der Waals surface area contributed by atoms with Crippen LogP contribution >= 0.6 is 12.2 Å². The number of ether oxygens (including phenoxy) is 1. The number of morpholine rings is 1. The Balaban J connectivity index is 2.38. The van der Waals surface area contributed by atoms with E-state index in [1.165, 1.54) is 0 Å². The van der Waals surface area contributed by atoms with Gasteiger partial charge in [0.25, 0.3) is 0 Å². The lowest BCUT2D eigenvalue weighted by atomic mass is 10.1. The summed E-state index contributed by atoms with van der Waals surface area (Å²) in [5.41, 5.74) is 0. The molecule has 0 spiro atoms. The standard InChI is InChI=1S/C8H15NOS/c1-3-4-7-8(11)9-6(2)5-10-7/h6-7H,3-5H2,1-2H3,(H,9,11). The van der Waals surface area contributed by atoms with Crippen LogP contribution in [0.1, 0.15) is 26.7 Å². The van der Waals surface area contributed by atoms with Crippen molar-refractivity contribution in [2.24, 2.45) is 0 Å². The van der Waals surface area contributed by atoms with E-state index < -0.39 is 0 Å². The molecule has 3 heteroatoms. The van der Waals surface area contributed by atoms with Crippen molar-refractivity contribution >= 4 is 17.2 Å². The van der Waals surface area contributed by atoms with Gasteiger partial charge >= 0.3 is 0 Å². The Morgan fingerprint density at radius 1 is 1.73 bits per heavy atom. The average Bonchev–Trinajstić information content (AvgIpc) is 1.95. The number of rotatable bonds is 2. The number of nitrogens with one attached hydrogen (secondary N) is 1. The smallest absolute Gasteiger partial charge is 0.108 e. The Labute approximate surface area is 73.3 Å². The monoisotopic (exact) mass is 173 g/mol. The van der Waals surface area contributed by atoms with E-state index in [1.54, 1.807) is 0 Å². The van der Waals surface area contributed by atoms with Crippen LogP contribution in [-0.2, 0) is 4.74 Å². The molecule has 1 saturated heterocycles. The van der Waals surface area contributed by atoms with E-state index in [2.05, 4.69) is 19.2 Å². The molecule has 0 aliphatic carbocycles. The fourth-order valence-electron chi connectivity index (χ4n) is 1.19. The Morgan fingerprint density at radius 3 is 3.00 bits per heavy atom. The van der Waals surface area contributed by atoms with Crippen molar-refractivity contribution in [1.29, 1.82) is 0 Å². The van der Waals surface area contributed by atoms with Gasteiger partial charge in [0.2, 0.25) is 0 Å². The summed E-state index contributed by atoms with van der Waals surface area (Å²) >= 11 is 5.13. The lowest BCUT2D eigenvalue weighted by Gasteiger charge is -2.29. The molecule has 1 heterocycles. The molecule has 11 heavy (non-hydrogen) atoms. The summed E-state index contributed by atoms with van der Waals surface area (Å²) in [5, 5.41) is 3.22. The van der Waals surface area contributed by atoms with Crippen molar-refractivity contribution in [1.82, 2.24) is 5.32 Å². The topological polar surface area (TPSA) is 21.3 Å². The van der Waals surface area contributed by atoms with Gasteiger partial charge in [0.15, 0.2) is 0 Å². The Kier molecular flexibility index (Phi) is 3.27. The summed E-state index contributed by atoms with van der Waals surface area (Å²) in [5.74, 6) is 0. The van der Waals surface area contributed by atoms with E-state index >= 15 is 0 Å². The molecule has 2 nitrogen and oxygen atoms in total. The maximum absolute atomic E-state index is 5.54. The second-order valence-corrected chi connectivity index (χ2v) is 3.46. The van der Waals surface area contributed by atoms with E-state index in [-0.39, 0.29) is 6.10 Å². The first-order valence-electron chi connectivity index (χ1n) is 4.16. The van der Waals surface area contributed by atoms with Crippen molar-refractivity contribution in [2.75, 3.05) is 6.61 Å². The third-order valence-corrected chi connectivity index (χ3v) is 2.16. The maximum atomic E-state index is 5.54. The molecule has 0 aromatic heterocycles. The second kappa shape index (κ2) is 4.02. The molecule has 2 unspecified atom stereocenters. The minimum atomic E-state index is 0.172. The summed E-state index contributed by atoms with van der Waals surface area (Å²) in [6.07, 6.45) is 2.34. The van der Waals surface area contributed by atoms with Gasteiger partial charge in [0.1, 0.15) is 11.1 Å². The summed E-state index contributed by atoms with van der Waals surface area (Å²) in [4.78, 5) is 0.880. The fourth-order valence-corrected chi connectivity index (χ4v) is 1.58. The van der Waals surface area contributed by atoms with Gasteiger partial charge in [0, 0.05) is 6.04 Å². The van der Waals surface area contributed by atoms with Crippen LogP contribution in [0, 0.1) is 0 Å². The predicted molar refractivity (Wildman–Crippen MR) is 49.8 cm³/mol. The van der Waals surface area contributed by atoms with Crippen LogP contribution in [0.2, 0.25) is 0 Å². The van der Waals surface area contributed by atoms with Crippen LogP contribution in [0.5, 0.6) is 0 Å². The number of hydrogen-bond donors (Lipinski definition) is 1. The maximum Gasteiger partial charge on any atom is 0.108 e. The van der Waals surface area contributed by atoms with Gasteiger partial charge in [-0.2, -0.15) is 0 Å². The van der Waals surface area contributed by atoms with Gasteiger partial charge < -0.3 is 10.1 Å². The third-order valence-electron chi connectivity index (χ3n) is 1.78. The average molecular weight is 173 g/mol. The molecule has 1 aliphatic heterocycles. The minimum Gasteiger partial charge on any atom is -0.373 e. The van der Waals surface area contributed by atoms with Gasteiger partial charge in [-0.25, -0.2) is 0 Å². The van der Waals surface area contributed by atoms with Gasteiger partial charge in [-0.1, -0.05) is 25.6 Å². The van der Waals surface area contributed by atoms with Gasteiger partial charge in [-0.05, 0) is 13.3 Å². The van der Waals surface area contributed by atoms with Crippen molar-refractivity contribution in [3.63, 3.8) is 0 Å². The third kappa shape index (κ3) is 2.42. The van der Waals surface area contributed by atoms with Crippen molar-refractivity contribution in [2.45, 2.75) is 38.8 Å². The zero-order valence-corrected chi connectivity index (χ0v) is 7.91. The molecule has 0 aromatic carbocycles. The van der Waals surface area contributed by atoms with E-state index in [9.17, 15) is 0 Å². The largest absolute Gasteiger partial charge is 0.373 e. The zero-order chi connectivity index (χ0) is 8.27. The Morgan fingerprint density at radius 2 is 2.45 bits per heavy atom. The number of hydrogen-bond acceptors (Lipinski definition) is 2. The molecule has 0 radical (unpaired) electrons. The fraction of sp³-hybridized carbons (Fsp3) is 0.875. The highest BCUT2D eigenvalue weighted by Crippen LogP contribution is 2.09. The summed E-state index contributed by atoms with van der Waals surface area (Å²) < 4.78 is 5.54. The first-order chi connectivity index (χ1) is 5.24. The van der Waals surface area contributed by atoms with Gasteiger partial charge in [-0.3, -0.25) is 0 Å². The van der Waals surface area contributed by atoms with Crippen molar-refractivity contribution < 1.29 is 4.74 Å². The van der Waals surface area contributed by atoms with Crippen molar-refractivity contribution in [3.05, 3.63) is 0 Å². The predicted octanol–water partition coefficient (Wildman–Crippen LogP) is 1.49. The SMILES string of the molecule is CCCC1OCC(C)NC1=S. The quantitative estimate of drug-likeness (QED) is 0.639. The molecule has 0 amide bonds. The van der Waals surface area contributed by atoms with E-state index in [0.29, 0.717) is 6.04 Å². The molecule has 1 rings (SSSR count). The molecule has 2 atom stereocenters. The zero-order valence-electron chi connectivity index (χ0n) is 7.09. The molecule has 1 N–H and O–H groups in total. The molecular weight excluding hydrogens is 158 g/mol. The molecule has 1 aliphatic rings. The van der Waals surface area contributed by atoms with E-state index in [4.69, 9.17) is 17.0 Å². The normalized spacial score (nSPS) is 31.6. The van der Waals surface area contributed by atoms with Gasteiger partial charge in [0.05, 0.1) is 6.61 Å². The Hall–Kier alpha value is -0.150. The van der Waals surface area contributed by atoms with Crippen LogP contribution in [0.25, 0.3) is 0 Å². The van der Waals surface area contributed by atoms with Crippen LogP contribution < -0.4 is 5.32 Å². The van der Waals surface area contributed by atoms with Crippen LogP contribution in [0.15, 0.2) is 0 Å². The lowest BCUT2D eigenvalue weighted by Crippen LogP contribution is -2.48. The highest BCUT2D eigenvalue weighted by Gasteiger charge is 2.21. The van der Waals surface area contributed by atoms with Crippen LogP contribution in [-0.4, -0.2) is 23.7 Å². The van der Waals surface area contributed by atoms with Gasteiger partial charge in [-0.15, -0.1) is 0 Å². The first-order valence-corrected chi connectivity index (χ1v) is 4.57. The lowest BCUT2D eigenvalue weighted by molar-refractivity contribution is 0.0619. The summed E-state index contributed by atoms with van der Waals surface area (Å²) in [7, 11) is 0. The molecule has 64 valence electrons. The number of thiocarbonyl (C=S) groups is 1. The van der Waals surface area contributed by atoms with E-state index in [1.807, 2.05) is 0 Å². The first kappa shape index (κ1) is 8.94.